The van der Waals surface area contributed by atoms with Crippen LogP contribution in [0, 0.1) is 13.8 Å². The van der Waals surface area contributed by atoms with Gasteiger partial charge in [0.1, 0.15) is 0 Å². The van der Waals surface area contributed by atoms with E-state index in [1.165, 1.54) is 0 Å². The quantitative estimate of drug-likeness (QED) is 0.865. The molecule has 0 bridgehead atoms. The third-order valence-corrected chi connectivity index (χ3v) is 3.87. The number of anilines is 1. The number of hydrogen-bond donors (Lipinski definition) is 1. The molecule has 19 heavy (non-hydrogen) atoms. The van der Waals surface area contributed by atoms with Crippen molar-refractivity contribution in [2.45, 2.75) is 38.7 Å². The molecule has 0 saturated heterocycles. The third-order valence-electron chi connectivity index (χ3n) is 2.78. The summed E-state index contributed by atoms with van der Waals surface area (Å²) in [7, 11) is 0. The van der Waals surface area contributed by atoms with Gasteiger partial charge in [0.05, 0.1) is 11.3 Å². The van der Waals surface area contributed by atoms with Gasteiger partial charge in [-0.25, -0.2) is 0 Å². The number of aryl methyl sites for hydroxylation is 2. The fourth-order valence-corrected chi connectivity index (χ4v) is 2.42. The van der Waals surface area contributed by atoms with Crippen molar-refractivity contribution < 1.29 is 4.52 Å². The first-order valence-corrected chi connectivity index (χ1v) is 7.33. The topological polar surface area (TPSA) is 64.9 Å². The molecule has 2 rings (SSSR count). The molecule has 4 nitrogen and oxygen atoms in total. The Labute approximate surface area is 117 Å². The van der Waals surface area contributed by atoms with Gasteiger partial charge in [0, 0.05) is 5.69 Å². The molecule has 0 radical (unpaired) electrons. The van der Waals surface area contributed by atoms with Crippen LogP contribution in [-0.2, 0) is 5.75 Å². The van der Waals surface area contributed by atoms with Crippen molar-refractivity contribution >= 4 is 17.4 Å². The molecule has 0 aliphatic carbocycles. The summed E-state index contributed by atoms with van der Waals surface area (Å²) in [5, 5.41) is 4.55. The van der Waals surface area contributed by atoms with Gasteiger partial charge in [-0.3, -0.25) is 0 Å². The first-order chi connectivity index (χ1) is 8.97. The molecule has 2 aromatic rings. The van der Waals surface area contributed by atoms with Crippen LogP contribution in [0.1, 0.15) is 30.8 Å². The standard InChI is InChI=1S/C14H19N3OS/c1-8(2)19-7-12-16-14(18-17-12)11-6-9(3)5-10(4)13(11)15/h5-6,8H,7,15H2,1-4H3. The zero-order valence-electron chi connectivity index (χ0n) is 11.7. The zero-order valence-corrected chi connectivity index (χ0v) is 12.5. The Hall–Kier alpha value is -1.49. The van der Waals surface area contributed by atoms with Crippen molar-refractivity contribution in [3.05, 3.63) is 29.1 Å². The predicted octanol–water partition coefficient (Wildman–Crippen LogP) is 3.58. The number of nitrogens with zero attached hydrogens (tertiary/aromatic N) is 2. The van der Waals surface area contributed by atoms with Crippen LogP contribution in [0.5, 0.6) is 0 Å². The molecule has 102 valence electrons. The molecule has 0 amide bonds. The molecule has 0 aliphatic rings. The lowest BCUT2D eigenvalue weighted by molar-refractivity contribution is 0.425. The van der Waals surface area contributed by atoms with Crippen LogP contribution in [-0.4, -0.2) is 15.4 Å². The Balaban J connectivity index is 2.28. The summed E-state index contributed by atoms with van der Waals surface area (Å²) in [6, 6.07) is 4.03. The Morgan fingerprint density at radius 1 is 1.32 bits per heavy atom. The molecular formula is C14H19N3OS. The van der Waals surface area contributed by atoms with Crippen molar-refractivity contribution in [1.82, 2.24) is 10.1 Å². The molecule has 0 fully saturated rings. The summed E-state index contributed by atoms with van der Waals surface area (Å²) in [4.78, 5) is 4.42. The van der Waals surface area contributed by atoms with Crippen LogP contribution in [0.4, 0.5) is 5.69 Å². The summed E-state index contributed by atoms with van der Waals surface area (Å²) in [5.41, 5.74) is 9.78. The largest absolute Gasteiger partial charge is 0.398 e. The van der Waals surface area contributed by atoms with Gasteiger partial charge < -0.3 is 10.3 Å². The Morgan fingerprint density at radius 3 is 2.74 bits per heavy atom. The third kappa shape index (κ3) is 3.29. The van der Waals surface area contributed by atoms with Crippen molar-refractivity contribution in [2.75, 3.05) is 5.73 Å². The Kier molecular flexibility index (Phi) is 4.14. The second-order valence-corrected chi connectivity index (χ2v) is 6.48. The summed E-state index contributed by atoms with van der Waals surface area (Å²) < 4.78 is 5.32. The highest BCUT2D eigenvalue weighted by Gasteiger charge is 2.14. The molecule has 1 aromatic heterocycles. The molecule has 1 aromatic carbocycles. The maximum atomic E-state index is 6.08. The number of hydrogen-bond acceptors (Lipinski definition) is 5. The maximum Gasteiger partial charge on any atom is 0.260 e. The molecule has 0 saturated carbocycles. The molecule has 2 N–H and O–H groups in total. The minimum atomic E-state index is 0.503. The van der Waals surface area contributed by atoms with E-state index in [1.54, 1.807) is 11.8 Å². The van der Waals surface area contributed by atoms with Crippen LogP contribution in [0.15, 0.2) is 16.7 Å². The lowest BCUT2D eigenvalue weighted by Crippen LogP contribution is -1.95. The summed E-state index contributed by atoms with van der Waals surface area (Å²) in [6.07, 6.45) is 0. The second kappa shape index (κ2) is 5.65. The van der Waals surface area contributed by atoms with Gasteiger partial charge in [0.25, 0.3) is 5.89 Å². The second-order valence-electron chi connectivity index (χ2n) is 4.92. The highest BCUT2D eigenvalue weighted by Crippen LogP contribution is 2.29. The SMILES string of the molecule is Cc1cc(C)c(N)c(-c2nc(CSC(C)C)no2)c1. The van der Waals surface area contributed by atoms with Crippen LogP contribution < -0.4 is 5.73 Å². The van der Waals surface area contributed by atoms with E-state index in [0.29, 0.717) is 22.7 Å². The van der Waals surface area contributed by atoms with Gasteiger partial charge >= 0.3 is 0 Å². The van der Waals surface area contributed by atoms with E-state index in [9.17, 15) is 0 Å². The molecule has 0 atom stereocenters. The van der Waals surface area contributed by atoms with E-state index >= 15 is 0 Å². The van der Waals surface area contributed by atoms with E-state index in [-0.39, 0.29) is 0 Å². The summed E-state index contributed by atoms with van der Waals surface area (Å²) in [6.45, 7) is 8.31. The van der Waals surface area contributed by atoms with Crippen molar-refractivity contribution in [3.8, 4) is 11.5 Å². The first kappa shape index (κ1) is 13.9. The highest BCUT2D eigenvalue weighted by molar-refractivity contribution is 7.99. The van der Waals surface area contributed by atoms with Gasteiger partial charge in [-0.15, -0.1) is 0 Å². The summed E-state index contributed by atoms with van der Waals surface area (Å²) in [5.74, 6) is 1.97. The predicted molar refractivity (Wildman–Crippen MR) is 80.1 cm³/mol. The molecule has 1 heterocycles. The average Bonchev–Trinajstić information content (AvgIpc) is 2.79. The Bertz CT molecular complexity index is 578. The van der Waals surface area contributed by atoms with Crippen LogP contribution in [0.2, 0.25) is 0 Å². The number of benzene rings is 1. The van der Waals surface area contributed by atoms with Gasteiger partial charge in [0.2, 0.25) is 0 Å². The maximum absolute atomic E-state index is 6.08. The van der Waals surface area contributed by atoms with E-state index in [4.69, 9.17) is 10.3 Å². The number of aromatic nitrogens is 2. The van der Waals surface area contributed by atoms with E-state index in [0.717, 1.165) is 22.4 Å². The van der Waals surface area contributed by atoms with E-state index in [2.05, 4.69) is 24.0 Å². The first-order valence-electron chi connectivity index (χ1n) is 6.28. The van der Waals surface area contributed by atoms with Crippen LogP contribution in [0.3, 0.4) is 0 Å². The average molecular weight is 277 g/mol. The number of thioether (sulfide) groups is 1. The van der Waals surface area contributed by atoms with Crippen LogP contribution in [0.25, 0.3) is 11.5 Å². The van der Waals surface area contributed by atoms with Gasteiger partial charge in [-0.05, 0) is 36.3 Å². The van der Waals surface area contributed by atoms with Crippen molar-refractivity contribution in [3.63, 3.8) is 0 Å². The molecule has 0 aliphatic heterocycles. The zero-order chi connectivity index (χ0) is 14.0. The number of rotatable bonds is 4. The van der Waals surface area contributed by atoms with Crippen LogP contribution >= 0.6 is 11.8 Å². The fraction of sp³-hybridized carbons (Fsp3) is 0.429. The molecule has 0 unspecified atom stereocenters. The van der Waals surface area contributed by atoms with Crippen molar-refractivity contribution in [2.24, 2.45) is 0 Å². The van der Waals surface area contributed by atoms with E-state index < -0.39 is 0 Å². The minimum absolute atomic E-state index is 0.503. The Morgan fingerprint density at radius 2 is 2.05 bits per heavy atom. The lowest BCUT2D eigenvalue weighted by Gasteiger charge is -2.06. The smallest absolute Gasteiger partial charge is 0.260 e. The monoisotopic (exact) mass is 277 g/mol. The van der Waals surface area contributed by atoms with Gasteiger partial charge in [0.15, 0.2) is 5.82 Å². The fourth-order valence-electron chi connectivity index (χ4n) is 1.82. The van der Waals surface area contributed by atoms with E-state index in [1.807, 2.05) is 26.0 Å². The number of nitrogen functional groups attached to an aromatic ring is 1. The molecular weight excluding hydrogens is 258 g/mol. The molecule has 5 heteroatoms. The van der Waals surface area contributed by atoms with Gasteiger partial charge in [-0.1, -0.05) is 25.1 Å². The van der Waals surface area contributed by atoms with Gasteiger partial charge in [-0.2, -0.15) is 16.7 Å². The lowest BCUT2D eigenvalue weighted by atomic mass is 10.0. The van der Waals surface area contributed by atoms with Crippen molar-refractivity contribution in [1.29, 1.82) is 0 Å². The minimum Gasteiger partial charge on any atom is -0.398 e. The number of nitrogens with two attached hydrogens (primary N) is 1. The normalized spacial score (nSPS) is 11.2. The molecule has 0 spiro atoms. The highest BCUT2D eigenvalue weighted by atomic mass is 32.2. The summed E-state index contributed by atoms with van der Waals surface area (Å²) >= 11 is 1.79.